The molecule has 1 rings (SSSR count). The molecular weight excluding hydrogens is 152 g/mol. The van der Waals surface area contributed by atoms with Gasteiger partial charge in [0.2, 0.25) is 0 Å². The molecule has 68 valence electrons. The van der Waals surface area contributed by atoms with Crippen LogP contribution in [0.25, 0.3) is 0 Å². The predicted molar refractivity (Wildman–Crippen MR) is 47.6 cm³/mol. The Kier molecular flexibility index (Phi) is 3.22. The number of hydrogen-bond donors (Lipinski definition) is 2. The molecule has 0 aromatic carbocycles. The summed E-state index contributed by atoms with van der Waals surface area (Å²) in [6.07, 6.45) is 2.91. The zero-order valence-corrected chi connectivity index (χ0v) is 7.83. The highest BCUT2D eigenvalue weighted by atomic mass is 15.3. The van der Waals surface area contributed by atoms with Crippen molar-refractivity contribution < 1.29 is 0 Å². The summed E-state index contributed by atoms with van der Waals surface area (Å²) < 4.78 is 0. The van der Waals surface area contributed by atoms with Crippen molar-refractivity contribution in [1.29, 1.82) is 0 Å². The molecule has 0 radical (unpaired) electrons. The summed E-state index contributed by atoms with van der Waals surface area (Å²) in [4.78, 5) is 0. The van der Waals surface area contributed by atoms with Crippen molar-refractivity contribution in [3.05, 3.63) is 11.9 Å². The van der Waals surface area contributed by atoms with Crippen LogP contribution in [0, 0.1) is 5.92 Å². The van der Waals surface area contributed by atoms with Gasteiger partial charge in [-0.1, -0.05) is 20.3 Å². The van der Waals surface area contributed by atoms with E-state index in [1.165, 1.54) is 0 Å². The number of nitrogens with one attached hydrogen (secondary N) is 2. The van der Waals surface area contributed by atoms with Crippen molar-refractivity contribution in [3.63, 3.8) is 0 Å². The summed E-state index contributed by atoms with van der Waals surface area (Å²) in [5.41, 5.74) is 0.992. The molecule has 0 aliphatic rings. The van der Waals surface area contributed by atoms with E-state index in [0.29, 0.717) is 12.0 Å². The summed E-state index contributed by atoms with van der Waals surface area (Å²) in [5.74, 6) is 0.583. The van der Waals surface area contributed by atoms with E-state index in [9.17, 15) is 0 Å². The van der Waals surface area contributed by atoms with E-state index in [0.717, 1.165) is 12.1 Å². The zero-order chi connectivity index (χ0) is 8.97. The third-order valence-corrected chi connectivity index (χ3v) is 2.28. The first-order valence-corrected chi connectivity index (χ1v) is 4.32. The van der Waals surface area contributed by atoms with Crippen LogP contribution in [0.15, 0.2) is 6.20 Å². The van der Waals surface area contributed by atoms with E-state index in [1.54, 1.807) is 6.20 Å². The van der Waals surface area contributed by atoms with E-state index in [4.69, 9.17) is 0 Å². The lowest BCUT2D eigenvalue weighted by Gasteiger charge is -2.19. The van der Waals surface area contributed by atoms with Gasteiger partial charge in [-0.15, -0.1) is 0 Å². The fourth-order valence-electron chi connectivity index (χ4n) is 1.32. The molecule has 4 heteroatoms. The first-order chi connectivity index (χ1) is 5.79. The third-order valence-electron chi connectivity index (χ3n) is 2.28. The Balaban J connectivity index is 2.69. The first kappa shape index (κ1) is 9.19. The smallest absolute Gasteiger partial charge is 0.0996 e. The topological polar surface area (TPSA) is 53.6 Å². The Morgan fingerprint density at radius 1 is 1.67 bits per heavy atom. The number of nitrogens with zero attached hydrogens (tertiary/aromatic N) is 2. The molecule has 0 saturated heterocycles. The fraction of sp³-hybridized carbons (Fsp3) is 0.750. The van der Waals surface area contributed by atoms with Crippen LogP contribution < -0.4 is 5.32 Å². The van der Waals surface area contributed by atoms with Crippen LogP contribution in [0.2, 0.25) is 0 Å². The molecule has 0 aliphatic heterocycles. The third kappa shape index (κ3) is 1.82. The Morgan fingerprint density at radius 2 is 2.42 bits per heavy atom. The van der Waals surface area contributed by atoms with Crippen LogP contribution in [0.1, 0.15) is 32.0 Å². The maximum absolute atomic E-state index is 4.06. The second-order valence-electron chi connectivity index (χ2n) is 3.05. The SMILES string of the molecule is CCC(C)C(NC)c1cn[nH]n1. The van der Waals surface area contributed by atoms with Crippen LogP contribution >= 0.6 is 0 Å². The highest BCUT2D eigenvalue weighted by Crippen LogP contribution is 2.20. The quantitative estimate of drug-likeness (QED) is 0.708. The normalized spacial score (nSPS) is 15.9. The van der Waals surface area contributed by atoms with Gasteiger partial charge in [0.15, 0.2) is 0 Å². The second-order valence-corrected chi connectivity index (χ2v) is 3.05. The molecule has 1 aromatic heterocycles. The van der Waals surface area contributed by atoms with Gasteiger partial charge in [0.25, 0.3) is 0 Å². The zero-order valence-electron chi connectivity index (χ0n) is 7.83. The van der Waals surface area contributed by atoms with Gasteiger partial charge in [0, 0.05) is 0 Å². The molecular formula is C8H16N4. The van der Waals surface area contributed by atoms with Gasteiger partial charge in [-0.2, -0.15) is 15.4 Å². The Bertz CT molecular complexity index is 207. The average Bonchev–Trinajstić information content (AvgIpc) is 2.58. The van der Waals surface area contributed by atoms with Crippen molar-refractivity contribution in [2.45, 2.75) is 26.3 Å². The lowest BCUT2D eigenvalue weighted by Crippen LogP contribution is -2.23. The molecule has 0 amide bonds. The Labute approximate surface area is 72.8 Å². The Morgan fingerprint density at radius 3 is 2.83 bits per heavy atom. The highest BCUT2D eigenvalue weighted by molar-refractivity contribution is 5.00. The van der Waals surface area contributed by atoms with Gasteiger partial charge in [-0.05, 0) is 13.0 Å². The van der Waals surface area contributed by atoms with Gasteiger partial charge in [-0.3, -0.25) is 0 Å². The van der Waals surface area contributed by atoms with E-state index in [-0.39, 0.29) is 0 Å². The second kappa shape index (κ2) is 4.21. The molecule has 1 heterocycles. The summed E-state index contributed by atoms with van der Waals surface area (Å²) in [7, 11) is 1.95. The summed E-state index contributed by atoms with van der Waals surface area (Å²) >= 11 is 0. The monoisotopic (exact) mass is 168 g/mol. The number of hydrogen-bond acceptors (Lipinski definition) is 3. The number of rotatable bonds is 4. The number of aromatic nitrogens is 3. The first-order valence-electron chi connectivity index (χ1n) is 4.32. The molecule has 0 spiro atoms. The number of aromatic amines is 1. The summed E-state index contributed by atoms with van der Waals surface area (Å²) in [6.45, 7) is 4.38. The minimum Gasteiger partial charge on any atom is -0.311 e. The molecule has 2 atom stereocenters. The van der Waals surface area contributed by atoms with Crippen molar-refractivity contribution in [3.8, 4) is 0 Å². The van der Waals surface area contributed by atoms with E-state index >= 15 is 0 Å². The van der Waals surface area contributed by atoms with Crippen LogP contribution in [-0.4, -0.2) is 22.5 Å². The fourth-order valence-corrected chi connectivity index (χ4v) is 1.32. The van der Waals surface area contributed by atoms with Gasteiger partial charge in [0.1, 0.15) is 0 Å². The highest BCUT2D eigenvalue weighted by Gasteiger charge is 2.17. The minimum atomic E-state index is 0.314. The van der Waals surface area contributed by atoms with Crippen molar-refractivity contribution in [1.82, 2.24) is 20.7 Å². The Hall–Kier alpha value is -0.900. The molecule has 0 fully saturated rings. The van der Waals surface area contributed by atoms with Crippen molar-refractivity contribution in [2.24, 2.45) is 5.92 Å². The average molecular weight is 168 g/mol. The van der Waals surface area contributed by atoms with Crippen LogP contribution in [0.4, 0.5) is 0 Å². The van der Waals surface area contributed by atoms with E-state index < -0.39 is 0 Å². The molecule has 1 aromatic rings. The molecule has 2 N–H and O–H groups in total. The van der Waals surface area contributed by atoms with E-state index in [2.05, 4.69) is 34.6 Å². The minimum absolute atomic E-state index is 0.314. The maximum Gasteiger partial charge on any atom is 0.0996 e. The van der Waals surface area contributed by atoms with Crippen molar-refractivity contribution in [2.75, 3.05) is 7.05 Å². The van der Waals surface area contributed by atoms with Gasteiger partial charge < -0.3 is 5.32 Å². The van der Waals surface area contributed by atoms with Gasteiger partial charge >= 0.3 is 0 Å². The molecule has 0 bridgehead atoms. The largest absolute Gasteiger partial charge is 0.311 e. The standard InChI is InChI=1S/C8H16N4/c1-4-6(2)8(9-3)7-5-10-12-11-7/h5-6,8-9H,4H2,1-3H3,(H,10,11,12). The van der Waals surface area contributed by atoms with Crippen LogP contribution in [-0.2, 0) is 0 Å². The molecule has 2 unspecified atom stereocenters. The lowest BCUT2D eigenvalue weighted by atomic mass is 9.97. The van der Waals surface area contributed by atoms with Crippen LogP contribution in [0.5, 0.6) is 0 Å². The molecule has 12 heavy (non-hydrogen) atoms. The molecule has 0 aliphatic carbocycles. The maximum atomic E-state index is 4.06. The predicted octanol–water partition coefficient (Wildman–Crippen LogP) is 1.11. The van der Waals surface area contributed by atoms with Gasteiger partial charge in [-0.25, -0.2) is 0 Å². The van der Waals surface area contributed by atoms with Crippen molar-refractivity contribution >= 4 is 0 Å². The molecule has 0 saturated carbocycles. The van der Waals surface area contributed by atoms with E-state index in [1.807, 2.05) is 7.05 Å². The van der Waals surface area contributed by atoms with Crippen LogP contribution in [0.3, 0.4) is 0 Å². The number of H-pyrrole nitrogens is 1. The van der Waals surface area contributed by atoms with Gasteiger partial charge in [0.05, 0.1) is 17.9 Å². The summed E-state index contributed by atoms with van der Waals surface area (Å²) in [5, 5.41) is 13.7. The molecule has 4 nitrogen and oxygen atoms in total. The summed E-state index contributed by atoms with van der Waals surface area (Å²) in [6, 6.07) is 0.314. The lowest BCUT2D eigenvalue weighted by molar-refractivity contribution is 0.392.